The summed E-state index contributed by atoms with van der Waals surface area (Å²) in [5.74, 6) is -0.215. The maximum Gasteiger partial charge on any atom is 0.249 e. The maximum atomic E-state index is 12.5. The average Bonchev–Trinajstić information content (AvgIpc) is 3.09. The van der Waals surface area contributed by atoms with E-state index < -0.39 is 11.6 Å². The molecule has 0 bridgehead atoms. The highest BCUT2D eigenvalue weighted by Crippen LogP contribution is 2.28. The number of benzene rings is 1. The summed E-state index contributed by atoms with van der Waals surface area (Å²) in [7, 11) is 0. The van der Waals surface area contributed by atoms with Gasteiger partial charge in [-0.2, -0.15) is 0 Å². The van der Waals surface area contributed by atoms with Crippen LogP contribution >= 0.6 is 12.4 Å². The zero-order chi connectivity index (χ0) is 15.7. The molecule has 0 spiro atoms. The summed E-state index contributed by atoms with van der Waals surface area (Å²) in [5.41, 5.74) is 7.42. The fourth-order valence-electron chi connectivity index (χ4n) is 3.33. The highest BCUT2D eigenvalue weighted by atomic mass is 35.5. The normalized spacial score (nSPS) is 22.8. The van der Waals surface area contributed by atoms with E-state index in [1.165, 1.54) is 0 Å². The third kappa shape index (κ3) is 3.51. The standard InChI is InChI=1S/C17H23N3O2.ClH/c1-12-4-6-13(7-5-12)20-11-8-14(15(20)21)19-16(22)17(18)9-2-3-10-17;/h4-7,14H,2-3,8-11,18H2,1H3,(H,19,22);1H. The second-order valence-electron chi connectivity index (χ2n) is 6.50. The summed E-state index contributed by atoms with van der Waals surface area (Å²) in [6, 6.07) is 7.41. The molecule has 23 heavy (non-hydrogen) atoms. The summed E-state index contributed by atoms with van der Waals surface area (Å²) in [6.45, 7) is 2.64. The Labute approximate surface area is 143 Å². The molecule has 2 aliphatic rings. The molecule has 0 aromatic heterocycles. The van der Waals surface area contributed by atoms with Gasteiger partial charge in [0.1, 0.15) is 6.04 Å². The summed E-state index contributed by atoms with van der Waals surface area (Å²) in [5, 5.41) is 2.87. The van der Waals surface area contributed by atoms with Gasteiger partial charge in [0.05, 0.1) is 5.54 Å². The van der Waals surface area contributed by atoms with Crippen LogP contribution in [0.2, 0.25) is 0 Å². The number of nitrogens with two attached hydrogens (primary N) is 1. The first-order chi connectivity index (χ1) is 10.5. The number of carbonyl (C=O) groups is 2. The number of aryl methyl sites for hydroxylation is 1. The molecule has 3 N–H and O–H groups in total. The Morgan fingerprint density at radius 2 is 1.87 bits per heavy atom. The zero-order valence-corrected chi connectivity index (χ0v) is 14.2. The lowest BCUT2D eigenvalue weighted by atomic mass is 9.97. The fraction of sp³-hybridized carbons (Fsp3) is 0.529. The Morgan fingerprint density at radius 1 is 1.26 bits per heavy atom. The van der Waals surface area contributed by atoms with E-state index in [1.807, 2.05) is 31.2 Å². The molecule has 3 rings (SSSR count). The van der Waals surface area contributed by atoms with Crippen LogP contribution in [0.15, 0.2) is 24.3 Å². The van der Waals surface area contributed by atoms with Crippen molar-refractivity contribution in [1.82, 2.24) is 5.32 Å². The Morgan fingerprint density at radius 3 is 2.48 bits per heavy atom. The molecule has 2 amide bonds. The van der Waals surface area contributed by atoms with Gasteiger partial charge in [0.25, 0.3) is 0 Å². The fourth-order valence-corrected chi connectivity index (χ4v) is 3.33. The molecule has 1 heterocycles. The minimum atomic E-state index is -0.780. The lowest BCUT2D eigenvalue weighted by Crippen LogP contribution is -2.55. The maximum absolute atomic E-state index is 12.5. The van der Waals surface area contributed by atoms with Crippen molar-refractivity contribution in [1.29, 1.82) is 0 Å². The summed E-state index contributed by atoms with van der Waals surface area (Å²) < 4.78 is 0. The molecule has 1 aromatic rings. The topological polar surface area (TPSA) is 75.4 Å². The Bertz CT molecular complexity index is 582. The van der Waals surface area contributed by atoms with Gasteiger partial charge in [-0.3, -0.25) is 9.59 Å². The number of rotatable bonds is 3. The molecule has 5 nitrogen and oxygen atoms in total. The zero-order valence-electron chi connectivity index (χ0n) is 13.4. The van der Waals surface area contributed by atoms with Crippen molar-refractivity contribution in [3.05, 3.63) is 29.8 Å². The number of hydrogen-bond acceptors (Lipinski definition) is 3. The smallest absolute Gasteiger partial charge is 0.249 e. The second-order valence-corrected chi connectivity index (χ2v) is 6.50. The number of nitrogens with one attached hydrogen (secondary N) is 1. The highest BCUT2D eigenvalue weighted by molar-refractivity contribution is 6.02. The minimum absolute atomic E-state index is 0. The van der Waals surface area contributed by atoms with Crippen molar-refractivity contribution in [3.63, 3.8) is 0 Å². The van der Waals surface area contributed by atoms with Crippen LogP contribution in [0.1, 0.15) is 37.7 Å². The van der Waals surface area contributed by atoms with E-state index in [9.17, 15) is 9.59 Å². The van der Waals surface area contributed by atoms with Crippen LogP contribution in [0.4, 0.5) is 5.69 Å². The van der Waals surface area contributed by atoms with Crippen molar-refractivity contribution < 1.29 is 9.59 Å². The van der Waals surface area contributed by atoms with Gasteiger partial charge in [0.2, 0.25) is 11.8 Å². The van der Waals surface area contributed by atoms with Crippen molar-refractivity contribution in [2.24, 2.45) is 5.73 Å². The van der Waals surface area contributed by atoms with Crippen LogP contribution in [0.5, 0.6) is 0 Å². The molecule has 1 unspecified atom stereocenters. The van der Waals surface area contributed by atoms with Gasteiger partial charge in [-0.15, -0.1) is 12.4 Å². The van der Waals surface area contributed by atoms with Crippen molar-refractivity contribution in [2.75, 3.05) is 11.4 Å². The third-order valence-electron chi connectivity index (χ3n) is 4.80. The van der Waals surface area contributed by atoms with Crippen LogP contribution in [0, 0.1) is 6.92 Å². The van der Waals surface area contributed by atoms with E-state index >= 15 is 0 Å². The van der Waals surface area contributed by atoms with Gasteiger partial charge in [-0.25, -0.2) is 0 Å². The van der Waals surface area contributed by atoms with Gasteiger partial charge in [0, 0.05) is 12.2 Å². The Kier molecular flexibility index (Phi) is 5.32. The van der Waals surface area contributed by atoms with Gasteiger partial charge < -0.3 is 16.0 Å². The Balaban J connectivity index is 0.00000192. The molecule has 1 aliphatic carbocycles. The first-order valence-electron chi connectivity index (χ1n) is 7.97. The van der Waals surface area contributed by atoms with E-state index in [0.717, 1.165) is 24.1 Å². The molecule has 1 aliphatic heterocycles. The van der Waals surface area contributed by atoms with Gasteiger partial charge in [-0.05, 0) is 38.3 Å². The highest BCUT2D eigenvalue weighted by Gasteiger charge is 2.41. The number of nitrogens with zero attached hydrogens (tertiary/aromatic N) is 1. The van der Waals surface area contributed by atoms with Crippen LogP contribution in [-0.2, 0) is 9.59 Å². The SMILES string of the molecule is Cc1ccc(N2CCC(NC(=O)C3(N)CCCC3)C2=O)cc1.Cl. The van der Waals surface area contributed by atoms with Gasteiger partial charge in [0.15, 0.2) is 0 Å². The first-order valence-corrected chi connectivity index (χ1v) is 7.97. The summed E-state index contributed by atoms with van der Waals surface area (Å²) in [6.07, 6.45) is 4.02. The van der Waals surface area contributed by atoms with Crippen molar-refractivity contribution in [2.45, 2.75) is 50.6 Å². The van der Waals surface area contributed by atoms with E-state index in [2.05, 4.69) is 5.32 Å². The molecule has 126 valence electrons. The molecule has 6 heteroatoms. The van der Waals surface area contributed by atoms with E-state index in [4.69, 9.17) is 5.73 Å². The number of halogens is 1. The molecule has 2 fully saturated rings. The van der Waals surface area contributed by atoms with E-state index in [0.29, 0.717) is 25.8 Å². The monoisotopic (exact) mass is 337 g/mol. The quantitative estimate of drug-likeness (QED) is 0.884. The summed E-state index contributed by atoms with van der Waals surface area (Å²) in [4.78, 5) is 26.6. The first kappa shape index (κ1) is 17.8. The predicted octanol–water partition coefficient (Wildman–Crippen LogP) is 1.91. The van der Waals surface area contributed by atoms with Gasteiger partial charge >= 0.3 is 0 Å². The number of amides is 2. The molecule has 1 aromatic carbocycles. The molecular formula is C17H24ClN3O2. The minimum Gasteiger partial charge on any atom is -0.343 e. The lowest BCUT2D eigenvalue weighted by Gasteiger charge is -2.24. The van der Waals surface area contributed by atoms with Crippen LogP contribution in [0.3, 0.4) is 0 Å². The summed E-state index contributed by atoms with van der Waals surface area (Å²) >= 11 is 0. The van der Waals surface area contributed by atoms with Crippen molar-refractivity contribution in [3.8, 4) is 0 Å². The number of hydrogen-bond donors (Lipinski definition) is 2. The third-order valence-corrected chi connectivity index (χ3v) is 4.80. The molecule has 0 radical (unpaired) electrons. The molecule has 1 saturated carbocycles. The lowest BCUT2D eigenvalue weighted by molar-refractivity contribution is -0.130. The van der Waals surface area contributed by atoms with E-state index in [-0.39, 0.29) is 24.2 Å². The second kappa shape index (κ2) is 6.89. The van der Waals surface area contributed by atoms with Gasteiger partial charge in [-0.1, -0.05) is 30.5 Å². The number of anilines is 1. The van der Waals surface area contributed by atoms with E-state index in [1.54, 1.807) is 4.90 Å². The molecule has 1 saturated heterocycles. The average molecular weight is 338 g/mol. The van der Waals surface area contributed by atoms with Crippen LogP contribution < -0.4 is 16.0 Å². The van der Waals surface area contributed by atoms with Crippen LogP contribution in [0.25, 0.3) is 0 Å². The largest absolute Gasteiger partial charge is 0.343 e. The van der Waals surface area contributed by atoms with Crippen LogP contribution in [-0.4, -0.2) is 29.9 Å². The predicted molar refractivity (Wildman–Crippen MR) is 92.7 cm³/mol. The number of carbonyl (C=O) groups excluding carboxylic acids is 2. The van der Waals surface area contributed by atoms with Crippen molar-refractivity contribution >= 4 is 29.9 Å². The Hall–Kier alpha value is -1.59. The molecular weight excluding hydrogens is 314 g/mol. The molecule has 1 atom stereocenters.